The van der Waals surface area contributed by atoms with E-state index in [1.54, 1.807) is 30.3 Å². The first-order valence-corrected chi connectivity index (χ1v) is 12.9. The molecule has 36 heavy (non-hydrogen) atoms. The number of non-ortho nitro benzene ring substituents is 1. The molecule has 1 aliphatic rings. The number of nitro benzene ring substituents is 1. The van der Waals surface area contributed by atoms with Gasteiger partial charge in [-0.05, 0) is 35.8 Å². The quantitative estimate of drug-likeness (QED) is 0.121. The predicted octanol–water partition coefficient (Wildman–Crippen LogP) is 2.05. The number of hydrogen-bond acceptors (Lipinski definition) is 8. The molecular formula is C23H22ClN3O8S. The van der Waals surface area contributed by atoms with E-state index in [2.05, 4.69) is 11.9 Å². The second-order valence-corrected chi connectivity index (χ2v) is 10.8. The molecule has 1 aliphatic heterocycles. The number of likely N-dealkylation sites (tertiary alicyclic amines) is 1. The van der Waals surface area contributed by atoms with Crippen LogP contribution < -0.4 is 5.32 Å². The van der Waals surface area contributed by atoms with Crippen LogP contribution in [0, 0.1) is 10.1 Å². The number of ether oxygens (including phenoxy) is 1. The molecule has 1 heterocycles. The lowest BCUT2D eigenvalue weighted by atomic mass is 9.99. The van der Waals surface area contributed by atoms with Crippen molar-refractivity contribution in [3.63, 3.8) is 0 Å². The average molecular weight is 536 g/mol. The van der Waals surface area contributed by atoms with E-state index in [1.165, 1.54) is 31.2 Å². The molecule has 0 bridgehead atoms. The summed E-state index contributed by atoms with van der Waals surface area (Å²) < 4.78 is 29.9. The molecule has 13 heteroatoms. The number of carbonyl (C=O) groups excluding carboxylic acids is 3. The third-order valence-corrected chi connectivity index (χ3v) is 7.01. The van der Waals surface area contributed by atoms with Crippen molar-refractivity contribution < 1.29 is 32.5 Å². The third-order valence-electron chi connectivity index (χ3n) is 5.39. The Morgan fingerprint density at radius 3 is 2.31 bits per heavy atom. The molecule has 2 amide bonds. The van der Waals surface area contributed by atoms with Gasteiger partial charge in [0.25, 0.3) is 20.6 Å². The first-order chi connectivity index (χ1) is 16.9. The number of nitro groups is 1. The highest BCUT2D eigenvalue weighted by molar-refractivity contribution is 8.14. The highest BCUT2D eigenvalue weighted by Crippen LogP contribution is 2.33. The number of nitrogens with zero attached hydrogens (tertiary/aromatic N) is 2. The van der Waals surface area contributed by atoms with Crippen LogP contribution in [-0.2, 0) is 41.2 Å². The van der Waals surface area contributed by atoms with Crippen LogP contribution in [0.2, 0.25) is 0 Å². The van der Waals surface area contributed by atoms with Gasteiger partial charge in [-0.15, -0.1) is 0 Å². The minimum atomic E-state index is -4.46. The van der Waals surface area contributed by atoms with E-state index < -0.39 is 49.2 Å². The molecule has 0 unspecified atom stereocenters. The molecule has 2 aromatic carbocycles. The number of benzene rings is 2. The molecule has 3 atom stereocenters. The van der Waals surface area contributed by atoms with E-state index >= 15 is 0 Å². The van der Waals surface area contributed by atoms with Gasteiger partial charge in [-0.2, -0.15) is 0 Å². The molecule has 1 saturated heterocycles. The number of rotatable bonds is 10. The van der Waals surface area contributed by atoms with Gasteiger partial charge < -0.3 is 15.0 Å². The average Bonchev–Trinajstić information content (AvgIpc) is 2.81. The zero-order valence-corrected chi connectivity index (χ0v) is 20.6. The number of amides is 2. The van der Waals surface area contributed by atoms with Gasteiger partial charge in [-0.25, -0.2) is 13.2 Å². The van der Waals surface area contributed by atoms with Crippen LogP contribution in [0.1, 0.15) is 18.1 Å². The predicted molar refractivity (Wildman–Crippen MR) is 129 cm³/mol. The van der Waals surface area contributed by atoms with Gasteiger partial charge in [0.05, 0.1) is 11.3 Å². The second kappa shape index (κ2) is 10.9. The van der Waals surface area contributed by atoms with Gasteiger partial charge in [0.15, 0.2) is 11.4 Å². The van der Waals surface area contributed by atoms with E-state index in [9.17, 15) is 32.9 Å². The highest BCUT2D eigenvalue weighted by Gasteiger charge is 2.59. The van der Waals surface area contributed by atoms with Gasteiger partial charge in [0.1, 0.15) is 12.6 Å². The van der Waals surface area contributed by atoms with Crippen LogP contribution >= 0.6 is 10.7 Å². The molecule has 0 saturated carbocycles. The van der Waals surface area contributed by atoms with Crippen molar-refractivity contribution in [1.82, 2.24) is 10.2 Å². The van der Waals surface area contributed by atoms with Crippen molar-refractivity contribution >= 4 is 43.2 Å². The normalized spacial score (nSPS) is 18.1. The molecule has 0 aromatic heterocycles. The number of carbonyl (C=O) groups is 3. The monoisotopic (exact) mass is 535 g/mol. The zero-order valence-electron chi connectivity index (χ0n) is 19.0. The van der Waals surface area contributed by atoms with E-state index in [0.29, 0.717) is 11.1 Å². The topological polar surface area (TPSA) is 153 Å². The molecule has 1 fully saturated rings. The van der Waals surface area contributed by atoms with Gasteiger partial charge in [0, 0.05) is 22.8 Å². The number of halogens is 1. The smallest absolute Gasteiger partial charge is 0.333 e. The summed E-state index contributed by atoms with van der Waals surface area (Å²) in [5, 5.41) is 11.4. The summed E-state index contributed by atoms with van der Waals surface area (Å²) in [6, 6.07) is 10.9. The molecule has 1 N–H and O–H groups in total. The Bertz CT molecular complexity index is 1300. The van der Waals surface area contributed by atoms with E-state index in [1.807, 2.05) is 0 Å². The molecule has 0 radical (unpaired) electrons. The Morgan fingerprint density at radius 2 is 1.78 bits per heavy atom. The van der Waals surface area contributed by atoms with Crippen LogP contribution in [0.4, 0.5) is 5.69 Å². The Kier molecular flexibility index (Phi) is 8.10. The van der Waals surface area contributed by atoms with E-state index in [-0.39, 0.29) is 24.3 Å². The fourth-order valence-electron chi connectivity index (χ4n) is 3.70. The summed E-state index contributed by atoms with van der Waals surface area (Å²) in [5.41, 5.74) is 1.04. The number of esters is 1. The number of hydrogen-bond donors (Lipinski definition) is 1. The SMILES string of the molecule is C=C(C)[C@H](C(=O)OCc1ccc([N+](=O)[O-])cc1)N1C(=O)[C@@H](NC(=O)Cc2ccccc2)[C@H]1S(=O)(=O)Cl. The third kappa shape index (κ3) is 6.07. The first-order valence-electron chi connectivity index (χ1n) is 10.5. The fraction of sp³-hybridized carbons (Fsp3) is 0.261. The Morgan fingerprint density at radius 1 is 1.17 bits per heavy atom. The lowest BCUT2D eigenvalue weighted by molar-refractivity contribution is -0.384. The number of nitrogens with one attached hydrogen (secondary N) is 1. The van der Waals surface area contributed by atoms with Crippen molar-refractivity contribution in [3.8, 4) is 0 Å². The van der Waals surface area contributed by atoms with Gasteiger partial charge >= 0.3 is 5.97 Å². The zero-order chi connectivity index (χ0) is 26.6. The highest BCUT2D eigenvalue weighted by atomic mass is 35.7. The van der Waals surface area contributed by atoms with Gasteiger partial charge in [0.2, 0.25) is 5.91 Å². The first kappa shape index (κ1) is 26.8. The van der Waals surface area contributed by atoms with Gasteiger partial charge in [-0.1, -0.05) is 36.9 Å². The van der Waals surface area contributed by atoms with E-state index in [0.717, 1.165) is 4.90 Å². The van der Waals surface area contributed by atoms with Crippen LogP contribution in [0.15, 0.2) is 66.7 Å². The maximum absolute atomic E-state index is 12.9. The summed E-state index contributed by atoms with van der Waals surface area (Å²) in [4.78, 5) is 49.1. The molecular weight excluding hydrogens is 514 g/mol. The molecule has 3 rings (SSSR count). The van der Waals surface area contributed by atoms with Crippen LogP contribution in [0.3, 0.4) is 0 Å². The van der Waals surface area contributed by atoms with Crippen LogP contribution in [-0.4, -0.2) is 53.5 Å². The summed E-state index contributed by atoms with van der Waals surface area (Å²) >= 11 is 0. The van der Waals surface area contributed by atoms with Crippen LogP contribution in [0.25, 0.3) is 0 Å². The summed E-state index contributed by atoms with van der Waals surface area (Å²) in [5.74, 6) is -2.42. The summed E-state index contributed by atoms with van der Waals surface area (Å²) in [6.45, 7) is 4.78. The summed E-state index contributed by atoms with van der Waals surface area (Å²) in [6.07, 6.45) is -0.0964. The summed E-state index contributed by atoms with van der Waals surface area (Å²) in [7, 11) is 1.13. The fourth-order valence-corrected chi connectivity index (χ4v) is 5.27. The van der Waals surface area contributed by atoms with Crippen molar-refractivity contribution in [2.24, 2.45) is 0 Å². The molecule has 11 nitrogen and oxygen atoms in total. The van der Waals surface area contributed by atoms with E-state index in [4.69, 9.17) is 15.4 Å². The largest absolute Gasteiger partial charge is 0.459 e. The van der Waals surface area contributed by atoms with Gasteiger partial charge in [-0.3, -0.25) is 19.7 Å². The maximum Gasteiger partial charge on any atom is 0.333 e. The standard InChI is InChI=1S/C23H22ClN3O8S/c1-14(2)20(23(30)35-13-16-8-10-17(11-9-16)27(31)32)26-21(29)19(22(26)36(24,33)34)25-18(28)12-15-6-4-3-5-7-15/h3-11,19-20,22H,1,12-13H2,2H3,(H,25,28)/t19-,20-,22-/m1/s1. The maximum atomic E-state index is 12.9. The Hall–Kier alpha value is -3.77. The molecule has 0 spiro atoms. The van der Waals surface area contributed by atoms with Crippen molar-refractivity contribution in [2.75, 3.05) is 0 Å². The minimum Gasteiger partial charge on any atom is -0.459 e. The number of β-lactam (4-membered cyclic amide) rings is 1. The Balaban J connectivity index is 1.73. The lowest BCUT2D eigenvalue weighted by Gasteiger charge is -2.48. The van der Waals surface area contributed by atoms with Crippen molar-refractivity contribution in [2.45, 2.75) is 37.4 Å². The Labute approximate surface area is 211 Å². The second-order valence-electron chi connectivity index (χ2n) is 8.10. The molecule has 190 valence electrons. The molecule has 0 aliphatic carbocycles. The lowest BCUT2D eigenvalue weighted by Crippen LogP contribution is -2.75. The minimum absolute atomic E-state index is 0.0964. The van der Waals surface area contributed by atoms with Crippen LogP contribution in [0.5, 0.6) is 0 Å². The molecule has 2 aromatic rings. The van der Waals surface area contributed by atoms with Crippen molar-refractivity contribution in [3.05, 3.63) is 88.0 Å². The van der Waals surface area contributed by atoms with Crippen molar-refractivity contribution in [1.29, 1.82) is 0 Å².